The molecule has 1 aromatic carbocycles. The minimum absolute atomic E-state index is 0.175. The highest BCUT2D eigenvalue weighted by molar-refractivity contribution is 9.11. The molecule has 0 amide bonds. The maximum Gasteiger partial charge on any atom is 0.216 e. The van der Waals surface area contributed by atoms with Crippen LogP contribution in [0.15, 0.2) is 39.5 Å². The van der Waals surface area contributed by atoms with Gasteiger partial charge >= 0.3 is 0 Å². The van der Waals surface area contributed by atoms with E-state index in [0.29, 0.717) is 12.3 Å². The third kappa shape index (κ3) is 3.91. The van der Waals surface area contributed by atoms with Gasteiger partial charge in [-0.1, -0.05) is 31.9 Å². The van der Waals surface area contributed by atoms with Crippen LogP contribution in [-0.2, 0) is 6.42 Å². The number of aromatic nitrogens is 2. The smallest absolute Gasteiger partial charge is 0.216 e. The first-order valence-electron chi connectivity index (χ1n) is 5.54. The van der Waals surface area contributed by atoms with E-state index in [1.165, 1.54) is 6.33 Å². The molecule has 100 valence electrons. The van der Waals surface area contributed by atoms with Gasteiger partial charge in [0.05, 0.1) is 12.5 Å². The average molecular weight is 407 g/mol. The molecule has 0 aliphatic rings. The van der Waals surface area contributed by atoms with Crippen molar-refractivity contribution in [1.29, 1.82) is 0 Å². The number of ether oxygens (including phenoxy) is 1. The molecule has 1 heterocycles. The summed E-state index contributed by atoms with van der Waals surface area (Å²) in [6.07, 6.45) is 2.09. The van der Waals surface area contributed by atoms with Crippen LogP contribution in [0.3, 0.4) is 0 Å². The quantitative estimate of drug-likeness (QED) is 0.700. The van der Waals surface area contributed by atoms with Crippen molar-refractivity contribution in [3.05, 3.63) is 50.8 Å². The predicted octanol–water partition coefficient (Wildman–Crippen LogP) is 4.53. The lowest BCUT2D eigenvalue weighted by Gasteiger charge is -2.12. The second-order valence-corrected chi connectivity index (χ2v) is 6.19. The first-order valence-corrected chi connectivity index (χ1v) is 7.56. The van der Waals surface area contributed by atoms with Gasteiger partial charge in [0.1, 0.15) is 6.33 Å². The Morgan fingerprint density at radius 1 is 1.26 bits per heavy atom. The molecule has 0 saturated heterocycles. The number of hydrogen-bond acceptors (Lipinski definition) is 3. The second kappa shape index (κ2) is 6.68. The fourth-order valence-electron chi connectivity index (χ4n) is 1.65. The van der Waals surface area contributed by atoms with Gasteiger partial charge in [-0.25, -0.2) is 9.97 Å². The molecule has 1 unspecified atom stereocenters. The molecular weight excluding hydrogens is 395 g/mol. The molecule has 0 radical (unpaired) electrons. The molecule has 0 spiro atoms. The van der Waals surface area contributed by atoms with Crippen LogP contribution < -0.4 is 4.74 Å². The molecule has 1 aromatic heterocycles. The topological polar surface area (TPSA) is 35.0 Å². The zero-order valence-electron chi connectivity index (χ0n) is 10.1. The van der Waals surface area contributed by atoms with Crippen molar-refractivity contribution in [3.63, 3.8) is 0 Å². The summed E-state index contributed by atoms with van der Waals surface area (Å²) in [7, 11) is 1.58. The average Bonchev–Trinajstić information content (AvgIpc) is 2.41. The van der Waals surface area contributed by atoms with Crippen LogP contribution in [0, 0.1) is 0 Å². The monoisotopic (exact) mass is 404 g/mol. The number of halogens is 3. The molecular formula is C13H11Br2ClN2O. The van der Waals surface area contributed by atoms with Crippen LogP contribution in [0.4, 0.5) is 0 Å². The number of rotatable bonds is 4. The lowest BCUT2D eigenvalue weighted by Crippen LogP contribution is -2.01. The van der Waals surface area contributed by atoms with Crippen LogP contribution in [0.1, 0.15) is 16.6 Å². The maximum atomic E-state index is 6.46. The zero-order chi connectivity index (χ0) is 13.8. The van der Waals surface area contributed by atoms with Gasteiger partial charge < -0.3 is 4.74 Å². The summed E-state index contributed by atoms with van der Waals surface area (Å²) in [4.78, 5) is 8.18. The van der Waals surface area contributed by atoms with Gasteiger partial charge in [-0.05, 0) is 23.8 Å². The van der Waals surface area contributed by atoms with Gasteiger partial charge in [0.25, 0.3) is 0 Å². The van der Waals surface area contributed by atoms with E-state index in [2.05, 4.69) is 41.8 Å². The zero-order valence-corrected chi connectivity index (χ0v) is 14.0. The highest BCUT2D eigenvalue weighted by Gasteiger charge is 2.14. The Morgan fingerprint density at radius 3 is 2.79 bits per heavy atom. The molecule has 1 atom stereocenters. The van der Waals surface area contributed by atoms with Gasteiger partial charge in [0.15, 0.2) is 0 Å². The Balaban J connectivity index is 2.20. The van der Waals surface area contributed by atoms with Crippen molar-refractivity contribution in [3.8, 4) is 5.88 Å². The molecule has 0 aliphatic heterocycles. The molecule has 0 aliphatic carbocycles. The Kier molecular flexibility index (Phi) is 5.19. The first kappa shape index (κ1) is 14.8. The SMILES string of the molecule is COc1cc(CC(Cl)c2cc(Br)ccc2Br)ncn1. The van der Waals surface area contributed by atoms with Gasteiger partial charge in [-0.2, -0.15) is 0 Å². The summed E-state index contributed by atoms with van der Waals surface area (Å²) >= 11 is 13.4. The number of alkyl halides is 1. The first-order chi connectivity index (χ1) is 9.10. The van der Waals surface area contributed by atoms with Gasteiger partial charge in [0.2, 0.25) is 5.88 Å². The van der Waals surface area contributed by atoms with Crippen LogP contribution in [0.2, 0.25) is 0 Å². The molecule has 19 heavy (non-hydrogen) atoms. The van der Waals surface area contributed by atoms with E-state index in [1.807, 2.05) is 18.2 Å². The third-order valence-electron chi connectivity index (χ3n) is 2.59. The minimum Gasteiger partial charge on any atom is -0.481 e. The Hall–Kier alpha value is -0.650. The number of nitrogens with zero attached hydrogens (tertiary/aromatic N) is 2. The standard InChI is InChI=1S/C13H11Br2ClN2O/c1-19-13-6-9(17-7-18-13)5-12(16)10-4-8(14)2-3-11(10)15/h2-4,6-7,12H,5H2,1H3. The fraction of sp³-hybridized carbons (Fsp3) is 0.231. The summed E-state index contributed by atoms with van der Waals surface area (Å²) in [5, 5.41) is -0.175. The van der Waals surface area contributed by atoms with Gasteiger partial charge in [-0.15, -0.1) is 11.6 Å². The maximum absolute atomic E-state index is 6.46. The van der Waals surface area contributed by atoms with Crippen molar-refractivity contribution < 1.29 is 4.74 Å². The van der Waals surface area contributed by atoms with Crippen molar-refractivity contribution in [2.24, 2.45) is 0 Å². The van der Waals surface area contributed by atoms with E-state index < -0.39 is 0 Å². The van der Waals surface area contributed by atoms with Gasteiger partial charge in [0, 0.05) is 27.1 Å². The molecule has 6 heteroatoms. The summed E-state index contributed by atoms with van der Waals surface area (Å²) in [6, 6.07) is 7.72. The van der Waals surface area contributed by atoms with Crippen molar-refractivity contribution >= 4 is 43.5 Å². The Bertz CT molecular complexity index is 580. The lowest BCUT2D eigenvalue weighted by molar-refractivity contribution is 0.396. The van der Waals surface area contributed by atoms with Crippen LogP contribution in [0.25, 0.3) is 0 Å². The van der Waals surface area contributed by atoms with E-state index in [9.17, 15) is 0 Å². The van der Waals surface area contributed by atoms with Crippen LogP contribution in [-0.4, -0.2) is 17.1 Å². The molecule has 2 rings (SSSR count). The number of methoxy groups -OCH3 is 1. The normalized spacial score (nSPS) is 12.2. The van der Waals surface area contributed by atoms with E-state index >= 15 is 0 Å². The van der Waals surface area contributed by atoms with Crippen molar-refractivity contribution in [2.75, 3.05) is 7.11 Å². The van der Waals surface area contributed by atoms with Crippen LogP contribution in [0.5, 0.6) is 5.88 Å². The van der Waals surface area contributed by atoms with Crippen molar-refractivity contribution in [2.45, 2.75) is 11.8 Å². The summed E-state index contributed by atoms with van der Waals surface area (Å²) < 4.78 is 7.05. The largest absolute Gasteiger partial charge is 0.481 e. The molecule has 2 aromatic rings. The summed E-state index contributed by atoms with van der Waals surface area (Å²) in [5.74, 6) is 0.544. The molecule has 0 N–H and O–H groups in total. The Labute approximate surface area is 133 Å². The molecule has 0 fully saturated rings. The highest BCUT2D eigenvalue weighted by atomic mass is 79.9. The summed E-state index contributed by atoms with van der Waals surface area (Å²) in [5.41, 5.74) is 1.87. The lowest BCUT2D eigenvalue weighted by atomic mass is 10.1. The van der Waals surface area contributed by atoms with Crippen molar-refractivity contribution in [1.82, 2.24) is 9.97 Å². The predicted molar refractivity (Wildman–Crippen MR) is 82.7 cm³/mol. The molecule has 0 saturated carbocycles. The minimum atomic E-state index is -0.175. The van der Waals surface area contributed by atoms with E-state index in [1.54, 1.807) is 13.2 Å². The second-order valence-electron chi connectivity index (χ2n) is 3.89. The van der Waals surface area contributed by atoms with Gasteiger partial charge in [-0.3, -0.25) is 0 Å². The van der Waals surface area contributed by atoms with E-state index in [-0.39, 0.29) is 5.38 Å². The highest BCUT2D eigenvalue weighted by Crippen LogP contribution is 2.32. The molecule has 0 bridgehead atoms. The van der Waals surface area contributed by atoms with E-state index in [0.717, 1.165) is 20.2 Å². The third-order valence-corrected chi connectivity index (χ3v) is 4.20. The summed E-state index contributed by atoms with van der Waals surface area (Å²) in [6.45, 7) is 0. The van der Waals surface area contributed by atoms with Crippen LogP contribution >= 0.6 is 43.5 Å². The number of benzene rings is 1. The fourth-order valence-corrected chi connectivity index (χ4v) is 3.02. The Morgan fingerprint density at radius 2 is 2.05 bits per heavy atom. The molecule has 3 nitrogen and oxygen atoms in total. The number of hydrogen-bond donors (Lipinski definition) is 0. The van der Waals surface area contributed by atoms with E-state index in [4.69, 9.17) is 16.3 Å².